The van der Waals surface area contributed by atoms with E-state index >= 15 is 0 Å². The van der Waals surface area contributed by atoms with Crippen LogP contribution < -0.4 is 10.7 Å². The molecule has 0 radical (unpaired) electrons. The van der Waals surface area contributed by atoms with E-state index < -0.39 is 6.03 Å². The van der Waals surface area contributed by atoms with E-state index in [9.17, 15) is 4.79 Å². The summed E-state index contributed by atoms with van der Waals surface area (Å²) in [6.45, 7) is 0. The fourth-order valence-corrected chi connectivity index (χ4v) is 2.34. The second kappa shape index (κ2) is 3.20. The van der Waals surface area contributed by atoms with Crippen molar-refractivity contribution >= 4 is 17.9 Å². The maximum absolute atomic E-state index is 11.3. The van der Waals surface area contributed by atoms with Crippen LogP contribution >= 0.6 is 0 Å². The molecule has 0 unspecified atom stereocenters. The molecule has 4 heteroatoms. The number of urea groups is 1. The Morgan fingerprint density at radius 3 is 2.78 bits per heavy atom. The van der Waals surface area contributed by atoms with Crippen molar-refractivity contribution in [2.75, 3.05) is 0 Å². The molecule has 18 heavy (non-hydrogen) atoms. The fourth-order valence-electron chi connectivity index (χ4n) is 2.34. The van der Waals surface area contributed by atoms with Crippen molar-refractivity contribution < 1.29 is 4.79 Å². The highest BCUT2D eigenvalue weighted by atomic mass is 16.2. The number of amides is 2. The molecule has 2 heterocycles. The first-order valence-electron chi connectivity index (χ1n) is 5.61. The summed E-state index contributed by atoms with van der Waals surface area (Å²) in [6.07, 6.45) is 1.56. The fraction of sp³-hybridized carbons (Fsp3) is 0. The van der Waals surface area contributed by atoms with Gasteiger partial charge in [-0.15, -0.1) is 0 Å². The topological polar surface area (TPSA) is 54.1 Å². The zero-order valence-electron chi connectivity index (χ0n) is 9.29. The second-order valence-electron chi connectivity index (χ2n) is 4.18. The SMILES string of the molecule is O=C1N=Cc2ccc3c(c2=N1)=c1ccccc1=N3. The number of fused-ring (bicyclic) bond motifs is 4. The van der Waals surface area contributed by atoms with Gasteiger partial charge in [-0.05, 0) is 18.2 Å². The van der Waals surface area contributed by atoms with E-state index in [1.807, 2.05) is 36.4 Å². The average molecular weight is 233 g/mol. The molecule has 4 rings (SSSR count). The van der Waals surface area contributed by atoms with Crippen LogP contribution in [0.4, 0.5) is 10.5 Å². The third kappa shape index (κ3) is 1.14. The molecule has 2 aromatic carbocycles. The molecule has 0 N–H and O–H groups in total. The van der Waals surface area contributed by atoms with Crippen molar-refractivity contribution in [1.82, 2.24) is 0 Å². The van der Waals surface area contributed by atoms with Gasteiger partial charge in [0.25, 0.3) is 0 Å². The molecular weight excluding hydrogens is 226 g/mol. The highest BCUT2D eigenvalue weighted by molar-refractivity contribution is 5.94. The molecule has 0 saturated carbocycles. The lowest BCUT2D eigenvalue weighted by Gasteiger charge is -2.00. The van der Waals surface area contributed by atoms with Crippen LogP contribution in [0.2, 0.25) is 0 Å². The van der Waals surface area contributed by atoms with Crippen LogP contribution in [0, 0.1) is 10.4 Å². The third-order valence-corrected chi connectivity index (χ3v) is 3.12. The molecule has 0 atom stereocenters. The zero-order chi connectivity index (χ0) is 12.1. The van der Waals surface area contributed by atoms with Crippen molar-refractivity contribution in [1.29, 1.82) is 0 Å². The van der Waals surface area contributed by atoms with Gasteiger partial charge >= 0.3 is 6.03 Å². The lowest BCUT2D eigenvalue weighted by molar-refractivity contribution is 0.256. The van der Waals surface area contributed by atoms with Crippen molar-refractivity contribution in [2.45, 2.75) is 0 Å². The van der Waals surface area contributed by atoms with Gasteiger partial charge in [-0.2, -0.15) is 9.98 Å². The number of benzene rings is 2. The van der Waals surface area contributed by atoms with Crippen LogP contribution in [-0.2, 0) is 0 Å². The molecular formula is C14H7N3O. The summed E-state index contributed by atoms with van der Waals surface area (Å²) >= 11 is 0. The van der Waals surface area contributed by atoms with Gasteiger partial charge in [-0.1, -0.05) is 18.2 Å². The van der Waals surface area contributed by atoms with Crippen molar-refractivity contribution in [3.8, 4) is 0 Å². The number of carbonyl (C=O) groups is 1. The van der Waals surface area contributed by atoms with Gasteiger partial charge in [-0.25, -0.2) is 9.79 Å². The molecule has 2 aliphatic heterocycles. The summed E-state index contributed by atoms with van der Waals surface area (Å²) in [7, 11) is 0. The number of hydrogen-bond donors (Lipinski definition) is 0. The number of para-hydroxylation sites is 1. The van der Waals surface area contributed by atoms with Gasteiger partial charge in [0, 0.05) is 22.2 Å². The highest BCUT2D eigenvalue weighted by Gasteiger charge is 2.11. The number of nitrogens with zero attached hydrogens (tertiary/aromatic N) is 3. The quantitative estimate of drug-likeness (QED) is 0.579. The van der Waals surface area contributed by atoms with Crippen LogP contribution in [0.15, 0.2) is 51.4 Å². The highest BCUT2D eigenvalue weighted by Crippen LogP contribution is 2.16. The minimum absolute atomic E-state index is 0.458. The summed E-state index contributed by atoms with van der Waals surface area (Å²) in [5.41, 5.74) is 1.72. The lowest BCUT2D eigenvalue weighted by Crippen LogP contribution is -2.17. The van der Waals surface area contributed by atoms with Crippen LogP contribution in [0.25, 0.3) is 0 Å². The Morgan fingerprint density at radius 2 is 1.83 bits per heavy atom. The predicted molar refractivity (Wildman–Crippen MR) is 65.5 cm³/mol. The molecule has 2 aliphatic rings. The Balaban J connectivity index is 2.37. The van der Waals surface area contributed by atoms with Crippen LogP contribution in [-0.4, -0.2) is 12.2 Å². The molecule has 2 aromatic rings. The van der Waals surface area contributed by atoms with E-state index in [0.717, 1.165) is 27.0 Å². The van der Waals surface area contributed by atoms with Crippen LogP contribution in [0.3, 0.4) is 0 Å². The molecule has 2 amide bonds. The first kappa shape index (κ1) is 9.41. The lowest BCUT2D eigenvalue weighted by atomic mass is 10.1. The van der Waals surface area contributed by atoms with Gasteiger partial charge in [0.05, 0.1) is 16.4 Å². The van der Waals surface area contributed by atoms with Gasteiger partial charge < -0.3 is 0 Å². The van der Waals surface area contributed by atoms with Crippen LogP contribution in [0.5, 0.6) is 0 Å². The number of aliphatic imine (C=N–C) groups is 1. The Labute approximate surface area is 101 Å². The third-order valence-electron chi connectivity index (χ3n) is 3.12. The number of carbonyl (C=O) groups excluding carboxylic acids is 1. The maximum atomic E-state index is 11.3. The monoisotopic (exact) mass is 233 g/mol. The minimum Gasteiger partial charge on any atom is -0.248 e. The first-order chi connectivity index (χ1) is 8.83. The summed E-state index contributed by atoms with van der Waals surface area (Å²) in [5.74, 6) is 0. The van der Waals surface area contributed by atoms with E-state index in [1.165, 1.54) is 0 Å². The summed E-state index contributed by atoms with van der Waals surface area (Å²) in [6, 6.07) is 11.2. The zero-order valence-corrected chi connectivity index (χ0v) is 9.29. The van der Waals surface area contributed by atoms with Crippen molar-refractivity contribution in [2.24, 2.45) is 15.0 Å². The average Bonchev–Trinajstić information content (AvgIpc) is 2.77. The molecule has 0 bridgehead atoms. The van der Waals surface area contributed by atoms with Gasteiger partial charge in [0.1, 0.15) is 0 Å². The molecule has 84 valence electrons. The largest absolute Gasteiger partial charge is 0.367 e. The molecule has 0 aromatic heterocycles. The number of rotatable bonds is 0. The Morgan fingerprint density at radius 1 is 0.944 bits per heavy atom. The molecule has 0 fully saturated rings. The molecule has 0 saturated heterocycles. The number of hydrogen-bond acceptors (Lipinski definition) is 2. The van der Waals surface area contributed by atoms with Crippen molar-refractivity contribution in [3.05, 3.63) is 63.1 Å². The smallest absolute Gasteiger partial charge is 0.248 e. The Bertz CT molecular complexity index is 942. The molecule has 4 nitrogen and oxygen atoms in total. The minimum atomic E-state index is -0.458. The normalized spacial score (nSPS) is 14.3. The summed E-state index contributed by atoms with van der Waals surface area (Å²) in [4.78, 5) is 23.6. The van der Waals surface area contributed by atoms with E-state index in [0.29, 0.717) is 5.36 Å². The van der Waals surface area contributed by atoms with E-state index in [-0.39, 0.29) is 0 Å². The van der Waals surface area contributed by atoms with E-state index in [1.54, 1.807) is 6.21 Å². The predicted octanol–water partition coefficient (Wildman–Crippen LogP) is 1.41. The molecule has 0 spiro atoms. The van der Waals surface area contributed by atoms with Crippen molar-refractivity contribution in [3.63, 3.8) is 0 Å². The van der Waals surface area contributed by atoms with Gasteiger partial charge in [0.2, 0.25) is 0 Å². The Hall–Kier alpha value is -2.62. The Kier molecular flexibility index (Phi) is 1.67. The van der Waals surface area contributed by atoms with E-state index in [4.69, 9.17) is 0 Å². The standard InChI is InChI=1S/C14H7N3O/c18-14-15-7-8-5-6-11-12(13(8)17-14)9-3-1-2-4-10(9)16-11/h1-7H. The van der Waals surface area contributed by atoms with Gasteiger partial charge in [-0.3, -0.25) is 0 Å². The summed E-state index contributed by atoms with van der Waals surface area (Å²) < 4.78 is 0. The molecule has 0 aliphatic carbocycles. The first-order valence-corrected chi connectivity index (χ1v) is 5.61. The van der Waals surface area contributed by atoms with Crippen LogP contribution in [0.1, 0.15) is 5.56 Å². The van der Waals surface area contributed by atoms with E-state index in [2.05, 4.69) is 15.0 Å². The van der Waals surface area contributed by atoms with Gasteiger partial charge in [0.15, 0.2) is 0 Å². The second-order valence-corrected chi connectivity index (χ2v) is 4.18. The summed E-state index contributed by atoms with van der Waals surface area (Å²) in [5, 5.41) is 3.56. The maximum Gasteiger partial charge on any atom is 0.367 e.